The topological polar surface area (TPSA) is 76.0 Å². The highest BCUT2D eigenvalue weighted by molar-refractivity contribution is 5.69. The number of halogens is 1. The molecule has 0 heterocycles. The monoisotopic (exact) mass is 436 g/mol. The molecule has 5 atom stereocenters. The van der Waals surface area contributed by atoms with E-state index in [-0.39, 0.29) is 30.5 Å². The Hall–Kier alpha value is -1.92. The molecule has 0 aliphatic heterocycles. The molecule has 6 heteroatoms. The van der Waals surface area contributed by atoms with Gasteiger partial charge in [0.1, 0.15) is 18.5 Å². The number of aliphatic hydroxyl groups excluding tert-OH is 2. The third-order valence-electron chi connectivity index (χ3n) is 5.70. The molecular formula is C25H37FO5. The number of carbonyl (C=O) groups is 1. The predicted molar refractivity (Wildman–Crippen MR) is 119 cm³/mol. The van der Waals surface area contributed by atoms with E-state index in [0.29, 0.717) is 44.3 Å². The molecule has 0 spiro atoms. The molecule has 1 aromatic rings. The van der Waals surface area contributed by atoms with Crippen LogP contribution in [-0.4, -0.2) is 47.3 Å². The van der Waals surface area contributed by atoms with Crippen LogP contribution >= 0.6 is 0 Å². The van der Waals surface area contributed by atoms with Gasteiger partial charge in [0, 0.05) is 6.42 Å². The normalized spacial score (nSPS) is 24.6. The number of ether oxygens (including phenoxy) is 2. The molecule has 1 aromatic carbocycles. The van der Waals surface area contributed by atoms with E-state index in [0.717, 1.165) is 6.42 Å². The zero-order valence-corrected chi connectivity index (χ0v) is 18.7. The number of para-hydroxylation sites is 1. The average molecular weight is 437 g/mol. The van der Waals surface area contributed by atoms with Crippen LogP contribution in [0.1, 0.15) is 58.8 Å². The van der Waals surface area contributed by atoms with Crippen LogP contribution in [0.15, 0.2) is 42.5 Å². The molecule has 2 rings (SSSR count). The summed E-state index contributed by atoms with van der Waals surface area (Å²) in [5.41, 5.74) is 0. The summed E-state index contributed by atoms with van der Waals surface area (Å²) in [6, 6.07) is 9.14. The number of rotatable bonds is 13. The second kappa shape index (κ2) is 13.5. The van der Waals surface area contributed by atoms with E-state index in [1.165, 1.54) is 0 Å². The van der Waals surface area contributed by atoms with E-state index in [1.807, 2.05) is 44.2 Å². The maximum Gasteiger partial charge on any atom is 0.306 e. The molecule has 31 heavy (non-hydrogen) atoms. The summed E-state index contributed by atoms with van der Waals surface area (Å²) in [5, 5.41) is 20.7. The first-order valence-electron chi connectivity index (χ1n) is 11.4. The number of carbonyl (C=O) groups excluding carboxylic acids is 1. The fourth-order valence-electron chi connectivity index (χ4n) is 4.12. The average Bonchev–Trinajstić information content (AvgIpc) is 3.00. The van der Waals surface area contributed by atoms with Crippen molar-refractivity contribution < 1.29 is 28.9 Å². The Bertz CT molecular complexity index is 663. The lowest BCUT2D eigenvalue weighted by atomic mass is 9.86. The molecule has 1 fully saturated rings. The number of benzene rings is 1. The SMILES string of the molecule is CC(C)OC(=O)CCCC=CC[C@@H]1[C@@H](CC[C@@H](F)COc2ccccc2)[C@H](O)C[C@@H]1O. The highest BCUT2D eigenvalue weighted by Gasteiger charge is 2.40. The van der Waals surface area contributed by atoms with Gasteiger partial charge in [0.25, 0.3) is 0 Å². The van der Waals surface area contributed by atoms with Crippen LogP contribution in [0, 0.1) is 11.8 Å². The molecule has 1 saturated carbocycles. The van der Waals surface area contributed by atoms with Crippen LogP contribution in [0.25, 0.3) is 0 Å². The van der Waals surface area contributed by atoms with Crippen molar-refractivity contribution in [2.24, 2.45) is 11.8 Å². The Morgan fingerprint density at radius 2 is 1.87 bits per heavy atom. The van der Waals surface area contributed by atoms with E-state index < -0.39 is 18.4 Å². The Balaban J connectivity index is 1.70. The molecule has 5 nitrogen and oxygen atoms in total. The number of allylic oxidation sites excluding steroid dienone is 2. The van der Waals surface area contributed by atoms with Crippen molar-refractivity contribution in [2.45, 2.75) is 83.3 Å². The van der Waals surface area contributed by atoms with Crippen molar-refractivity contribution in [1.82, 2.24) is 0 Å². The van der Waals surface area contributed by atoms with E-state index in [1.54, 1.807) is 12.1 Å². The van der Waals surface area contributed by atoms with Gasteiger partial charge >= 0.3 is 5.97 Å². The van der Waals surface area contributed by atoms with Crippen molar-refractivity contribution in [3.63, 3.8) is 0 Å². The number of hydrogen-bond donors (Lipinski definition) is 2. The van der Waals surface area contributed by atoms with Gasteiger partial charge in [0.05, 0.1) is 18.3 Å². The molecule has 0 bridgehead atoms. The lowest BCUT2D eigenvalue weighted by molar-refractivity contribution is -0.147. The Morgan fingerprint density at radius 3 is 2.58 bits per heavy atom. The highest BCUT2D eigenvalue weighted by atomic mass is 19.1. The summed E-state index contributed by atoms with van der Waals surface area (Å²) in [5.74, 6) is 0.242. The molecule has 174 valence electrons. The van der Waals surface area contributed by atoms with E-state index in [2.05, 4.69) is 0 Å². The number of esters is 1. The summed E-state index contributed by atoms with van der Waals surface area (Å²) in [4.78, 5) is 11.5. The van der Waals surface area contributed by atoms with Gasteiger partial charge in [-0.15, -0.1) is 0 Å². The van der Waals surface area contributed by atoms with E-state index in [4.69, 9.17) is 9.47 Å². The Labute approximate surface area is 185 Å². The lowest BCUT2D eigenvalue weighted by Crippen LogP contribution is -2.24. The molecular weight excluding hydrogens is 399 g/mol. The van der Waals surface area contributed by atoms with Crippen molar-refractivity contribution in [1.29, 1.82) is 0 Å². The smallest absolute Gasteiger partial charge is 0.306 e. The first-order valence-corrected chi connectivity index (χ1v) is 11.4. The van der Waals surface area contributed by atoms with Crippen LogP contribution in [0.4, 0.5) is 4.39 Å². The summed E-state index contributed by atoms with van der Waals surface area (Å²) >= 11 is 0. The zero-order chi connectivity index (χ0) is 22.6. The standard InChI is InChI=1S/C25H37FO5/c1-18(2)31-25(29)13-9-4-3-8-12-21-22(24(28)16-23(21)27)15-14-19(26)17-30-20-10-6-5-7-11-20/h3,5-8,10-11,18-19,21-24,27-28H,4,9,12-17H2,1-2H3/t19-,21-,22-,23+,24-/m1/s1. The van der Waals surface area contributed by atoms with E-state index >= 15 is 0 Å². The molecule has 1 aliphatic rings. The van der Waals surface area contributed by atoms with Crippen LogP contribution in [0.5, 0.6) is 5.75 Å². The van der Waals surface area contributed by atoms with Gasteiger partial charge in [-0.2, -0.15) is 0 Å². The summed E-state index contributed by atoms with van der Waals surface area (Å²) < 4.78 is 24.9. The van der Waals surface area contributed by atoms with Crippen LogP contribution in [-0.2, 0) is 9.53 Å². The van der Waals surface area contributed by atoms with Gasteiger partial charge in [-0.3, -0.25) is 4.79 Å². The summed E-state index contributed by atoms with van der Waals surface area (Å²) in [6.45, 7) is 3.65. The first-order chi connectivity index (χ1) is 14.9. The summed E-state index contributed by atoms with van der Waals surface area (Å²) in [6.07, 6.45) is 5.23. The van der Waals surface area contributed by atoms with Crippen LogP contribution in [0.2, 0.25) is 0 Å². The molecule has 0 amide bonds. The molecule has 0 radical (unpaired) electrons. The van der Waals surface area contributed by atoms with Gasteiger partial charge in [0.2, 0.25) is 0 Å². The second-order valence-electron chi connectivity index (χ2n) is 8.63. The summed E-state index contributed by atoms with van der Waals surface area (Å²) in [7, 11) is 0. The maximum absolute atomic E-state index is 14.3. The van der Waals surface area contributed by atoms with Gasteiger partial charge in [-0.1, -0.05) is 30.4 Å². The van der Waals surface area contributed by atoms with Crippen LogP contribution < -0.4 is 4.74 Å². The van der Waals surface area contributed by atoms with Crippen LogP contribution in [0.3, 0.4) is 0 Å². The second-order valence-corrected chi connectivity index (χ2v) is 8.63. The number of hydrogen-bond acceptors (Lipinski definition) is 5. The fourth-order valence-corrected chi connectivity index (χ4v) is 4.12. The number of unbranched alkanes of at least 4 members (excludes halogenated alkanes) is 1. The van der Waals surface area contributed by atoms with Crippen molar-refractivity contribution in [3.8, 4) is 5.75 Å². The number of alkyl halides is 1. The van der Waals surface area contributed by atoms with Gasteiger partial charge in [0.15, 0.2) is 0 Å². The molecule has 2 N–H and O–H groups in total. The minimum Gasteiger partial charge on any atom is -0.491 e. The van der Waals surface area contributed by atoms with Crippen molar-refractivity contribution in [2.75, 3.05) is 6.61 Å². The predicted octanol–water partition coefficient (Wildman–Crippen LogP) is 4.61. The minimum absolute atomic E-state index is 0.0147. The fraction of sp³-hybridized carbons (Fsp3) is 0.640. The van der Waals surface area contributed by atoms with Gasteiger partial charge < -0.3 is 19.7 Å². The highest BCUT2D eigenvalue weighted by Crippen LogP contribution is 2.38. The molecule has 0 unspecified atom stereocenters. The van der Waals surface area contributed by atoms with E-state index in [9.17, 15) is 19.4 Å². The number of aliphatic hydroxyl groups is 2. The van der Waals surface area contributed by atoms with Gasteiger partial charge in [-0.05, 0) is 76.3 Å². The maximum atomic E-state index is 14.3. The molecule has 0 aromatic heterocycles. The van der Waals surface area contributed by atoms with Crippen molar-refractivity contribution >= 4 is 5.97 Å². The zero-order valence-electron chi connectivity index (χ0n) is 18.7. The lowest BCUT2D eigenvalue weighted by Gasteiger charge is -2.23. The molecule has 1 aliphatic carbocycles. The third kappa shape index (κ3) is 9.40. The molecule has 0 saturated heterocycles. The Morgan fingerprint density at radius 1 is 1.16 bits per heavy atom. The van der Waals surface area contributed by atoms with Gasteiger partial charge in [-0.25, -0.2) is 4.39 Å². The van der Waals surface area contributed by atoms with Crippen molar-refractivity contribution in [3.05, 3.63) is 42.5 Å². The largest absolute Gasteiger partial charge is 0.491 e. The minimum atomic E-state index is -1.12. The first kappa shape index (κ1) is 25.3. The Kier molecular flexibility index (Phi) is 11.0. The quantitative estimate of drug-likeness (QED) is 0.268. The third-order valence-corrected chi connectivity index (χ3v) is 5.70.